The van der Waals surface area contributed by atoms with Gasteiger partial charge < -0.3 is 0 Å². The third kappa shape index (κ3) is 3.11. The van der Waals surface area contributed by atoms with E-state index in [1.54, 1.807) is 0 Å². The molecule has 1 atom stereocenters. The lowest BCUT2D eigenvalue weighted by molar-refractivity contribution is -0.115. The van der Waals surface area contributed by atoms with Crippen LogP contribution in [0.1, 0.15) is 82.6 Å². The Bertz CT molecular complexity index is 1070. The molecule has 0 bridgehead atoms. The molecule has 4 rings (SSSR count). The molecule has 0 radical (unpaired) electrons. The summed E-state index contributed by atoms with van der Waals surface area (Å²) < 4.78 is 2.18. The molecule has 3 heteroatoms. The lowest BCUT2D eigenvalue weighted by Crippen LogP contribution is -2.42. The molecule has 0 N–H and O–H groups in total. The van der Waals surface area contributed by atoms with E-state index in [9.17, 15) is 4.79 Å². The van der Waals surface area contributed by atoms with Gasteiger partial charge in [-0.3, -0.25) is 4.79 Å². The summed E-state index contributed by atoms with van der Waals surface area (Å²) in [7, 11) is 0. The fourth-order valence-corrected chi connectivity index (χ4v) is 6.62. The Morgan fingerprint density at radius 3 is 2.07 bits per heavy atom. The maximum absolute atomic E-state index is 12.7. The second-order valence-electron chi connectivity index (χ2n) is 10.5. The summed E-state index contributed by atoms with van der Waals surface area (Å²) in [5, 5.41) is 0. The van der Waals surface area contributed by atoms with Crippen LogP contribution in [0.5, 0.6) is 0 Å². The lowest BCUT2D eigenvalue weighted by Gasteiger charge is -2.44. The number of fused-ring (bicyclic) bond motifs is 1. The number of carbonyl (C=O) groups is 1. The summed E-state index contributed by atoms with van der Waals surface area (Å²) in [6.45, 7) is 14.2. The van der Waals surface area contributed by atoms with Crippen molar-refractivity contribution in [3.63, 3.8) is 0 Å². The first-order chi connectivity index (χ1) is 13.9. The molecular formula is C27H30Br2O. The third-order valence-corrected chi connectivity index (χ3v) is 9.90. The van der Waals surface area contributed by atoms with Gasteiger partial charge in [0, 0.05) is 15.4 Å². The zero-order chi connectivity index (χ0) is 22.1. The standard InChI is InChI=1S/C27H30Br2O/c1-25(2)21-14-20(24(29)15-22(21)26(3,4)27(25,5)6)17-11-16(12-18(30)13-17)19-9-7-8-10-23(19)28/h7-10,12,14-15,17H,11,13H2,1-6H3. The maximum atomic E-state index is 12.7. The molecule has 0 saturated carbocycles. The summed E-state index contributed by atoms with van der Waals surface area (Å²) in [5.74, 6) is 0.399. The van der Waals surface area contributed by atoms with Crippen molar-refractivity contribution < 1.29 is 4.79 Å². The number of rotatable bonds is 2. The first kappa shape index (κ1) is 22.0. The van der Waals surface area contributed by atoms with E-state index >= 15 is 0 Å². The molecule has 0 saturated heterocycles. The minimum absolute atomic E-state index is 0.0566. The van der Waals surface area contributed by atoms with Gasteiger partial charge in [0.1, 0.15) is 0 Å². The second-order valence-corrected chi connectivity index (χ2v) is 12.2. The van der Waals surface area contributed by atoms with Crippen LogP contribution in [0.15, 0.2) is 51.4 Å². The molecule has 0 spiro atoms. The molecule has 0 heterocycles. The highest BCUT2D eigenvalue weighted by atomic mass is 79.9. The molecule has 0 aromatic heterocycles. The quantitative estimate of drug-likeness (QED) is 0.382. The number of carbonyl (C=O) groups excluding carboxylic acids is 1. The van der Waals surface area contributed by atoms with Gasteiger partial charge >= 0.3 is 0 Å². The maximum Gasteiger partial charge on any atom is 0.156 e. The van der Waals surface area contributed by atoms with Gasteiger partial charge in [-0.25, -0.2) is 0 Å². The van der Waals surface area contributed by atoms with E-state index in [0.29, 0.717) is 6.42 Å². The van der Waals surface area contributed by atoms with Crippen LogP contribution in [0.4, 0.5) is 0 Å². The van der Waals surface area contributed by atoms with Crippen molar-refractivity contribution in [3.8, 4) is 0 Å². The van der Waals surface area contributed by atoms with Crippen LogP contribution >= 0.6 is 31.9 Å². The highest BCUT2D eigenvalue weighted by Gasteiger charge is 2.57. The predicted octanol–water partition coefficient (Wildman–Crippen LogP) is 8.34. The summed E-state index contributed by atoms with van der Waals surface area (Å²) in [6, 6.07) is 12.9. The Labute approximate surface area is 197 Å². The second kappa shape index (κ2) is 7.17. The largest absolute Gasteiger partial charge is 0.295 e. The minimum Gasteiger partial charge on any atom is -0.295 e. The molecule has 30 heavy (non-hydrogen) atoms. The van der Waals surface area contributed by atoms with Crippen molar-refractivity contribution >= 4 is 43.2 Å². The molecule has 0 aliphatic heterocycles. The Kier molecular flexibility index (Phi) is 5.26. The van der Waals surface area contributed by atoms with Crippen LogP contribution in [0.2, 0.25) is 0 Å². The average Bonchev–Trinajstić information content (AvgIpc) is 2.76. The van der Waals surface area contributed by atoms with Crippen molar-refractivity contribution in [1.82, 2.24) is 0 Å². The molecule has 158 valence electrons. The Morgan fingerprint density at radius 1 is 0.833 bits per heavy atom. The predicted molar refractivity (Wildman–Crippen MR) is 133 cm³/mol. The van der Waals surface area contributed by atoms with Gasteiger partial charge in [0.05, 0.1) is 0 Å². The van der Waals surface area contributed by atoms with E-state index in [-0.39, 0.29) is 27.9 Å². The minimum atomic E-state index is 0.0566. The van der Waals surface area contributed by atoms with Gasteiger partial charge in [0.2, 0.25) is 0 Å². The first-order valence-corrected chi connectivity index (χ1v) is 12.3. The van der Waals surface area contributed by atoms with E-state index in [2.05, 4.69) is 91.6 Å². The van der Waals surface area contributed by atoms with Crippen LogP contribution in [-0.4, -0.2) is 5.78 Å². The number of halogens is 2. The van der Waals surface area contributed by atoms with E-state index in [0.717, 1.165) is 26.5 Å². The zero-order valence-corrected chi connectivity index (χ0v) is 21.9. The topological polar surface area (TPSA) is 17.1 Å². The molecular weight excluding hydrogens is 500 g/mol. The zero-order valence-electron chi connectivity index (χ0n) is 18.7. The Balaban J connectivity index is 1.79. The van der Waals surface area contributed by atoms with Crippen LogP contribution in [0, 0.1) is 5.41 Å². The van der Waals surface area contributed by atoms with Crippen LogP contribution in [0.3, 0.4) is 0 Å². The molecule has 0 fully saturated rings. The number of benzene rings is 2. The number of hydrogen-bond donors (Lipinski definition) is 0. The number of hydrogen-bond acceptors (Lipinski definition) is 1. The van der Waals surface area contributed by atoms with Gasteiger partial charge in [-0.15, -0.1) is 0 Å². The molecule has 2 aromatic rings. The van der Waals surface area contributed by atoms with Crippen LogP contribution in [-0.2, 0) is 15.6 Å². The van der Waals surface area contributed by atoms with Crippen molar-refractivity contribution in [2.45, 2.75) is 71.1 Å². The normalized spacial score (nSPS) is 23.8. The third-order valence-electron chi connectivity index (χ3n) is 8.52. The SMILES string of the molecule is CC1(C)c2cc(Br)c(C3CC(=O)C=C(c4ccccc4Br)C3)cc2C(C)(C)C1(C)C. The summed E-state index contributed by atoms with van der Waals surface area (Å²) >= 11 is 7.54. The van der Waals surface area contributed by atoms with E-state index < -0.39 is 0 Å². The van der Waals surface area contributed by atoms with Gasteiger partial charge in [0.25, 0.3) is 0 Å². The van der Waals surface area contributed by atoms with Gasteiger partial charge in [-0.1, -0.05) is 97.7 Å². The molecule has 2 aromatic carbocycles. The van der Waals surface area contributed by atoms with E-state index in [1.807, 2.05) is 24.3 Å². The van der Waals surface area contributed by atoms with Crippen molar-refractivity contribution in [3.05, 3.63) is 73.7 Å². The fraction of sp³-hybridized carbons (Fsp3) is 0.444. The molecule has 1 unspecified atom stereocenters. The molecule has 1 nitrogen and oxygen atoms in total. The Hall–Kier alpha value is -1.19. The molecule has 0 amide bonds. The highest BCUT2D eigenvalue weighted by Crippen LogP contribution is 2.62. The van der Waals surface area contributed by atoms with E-state index in [1.165, 1.54) is 16.7 Å². The Morgan fingerprint density at radius 2 is 1.43 bits per heavy atom. The van der Waals surface area contributed by atoms with Gasteiger partial charge in [-0.05, 0) is 74.6 Å². The first-order valence-electron chi connectivity index (χ1n) is 10.7. The monoisotopic (exact) mass is 528 g/mol. The van der Waals surface area contributed by atoms with Crippen LogP contribution < -0.4 is 0 Å². The summed E-state index contributed by atoms with van der Waals surface area (Å²) in [6.07, 6.45) is 3.28. The molecule has 2 aliphatic carbocycles. The molecule has 2 aliphatic rings. The van der Waals surface area contributed by atoms with Crippen LogP contribution in [0.25, 0.3) is 5.57 Å². The summed E-state index contributed by atoms with van der Waals surface area (Å²) in [4.78, 5) is 12.7. The van der Waals surface area contributed by atoms with Crippen molar-refractivity contribution in [1.29, 1.82) is 0 Å². The number of ketones is 1. The van der Waals surface area contributed by atoms with Gasteiger partial charge in [0.15, 0.2) is 5.78 Å². The smallest absolute Gasteiger partial charge is 0.156 e. The van der Waals surface area contributed by atoms with Crippen molar-refractivity contribution in [2.75, 3.05) is 0 Å². The average molecular weight is 530 g/mol. The fourth-order valence-electron chi connectivity index (χ4n) is 5.41. The summed E-state index contributed by atoms with van der Waals surface area (Å²) in [5.41, 5.74) is 6.63. The van der Waals surface area contributed by atoms with Gasteiger partial charge in [-0.2, -0.15) is 0 Å². The number of allylic oxidation sites excluding steroid dienone is 2. The van der Waals surface area contributed by atoms with Crippen molar-refractivity contribution in [2.24, 2.45) is 5.41 Å². The lowest BCUT2D eigenvalue weighted by atomic mass is 9.59. The highest BCUT2D eigenvalue weighted by molar-refractivity contribution is 9.10. The van der Waals surface area contributed by atoms with E-state index in [4.69, 9.17) is 0 Å².